The summed E-state index contributed by atoms with van der Waals surface area (Å²) in [7, 11) is -3.73. The molecular weight excluding hydrogens is 326 g/mol. The van der Waals surface area contributed by atoms with E-state index in [2.05, 4.69) is 10.0 Å². The molecule has 2 unspecified atom stereocenters. The lowest BCUT2D eigenvalue weighted by Crippen LogP contribution is -2.51. The second-order valence-electron chi connectivity index (χ2n) is 4.69. The van der Waals surface area contributed by atoms with Crippen LogP contribution in [0.3, 0.4) is 0 Å². The van der Waals surface area contributed by atoms with Gasteiger partial charge in [-0.1, -0.05) is 11.6 Å². The fourth-order valence-electron chi connectivity index (χ4n) is 2.16. The molecule has 1 fully saturated rings. The van der Waals surface area contributed by atoms with Crippen LogP contribution in [0.2, 0.25) is 5.02 Å². The molecular formula is C12H17Cl2FN2O2S. The number of nitrogens with one attached hydrogen (secondary N) is 2. The molecule has 0 amide bonds. The predicted octanol–water partition coefficient (Wildman–Crippen LogP) is 2.32. The monoisotopic (exact) mass is 342 g/mol. The molecule has 1 heterocycles. The summed E-state index contributed by atoms with van der Waals surface area (Å²) in [4.78, 5) is -0.0895. The van der Waals surface area contributed by atoms with Gasteiger partial charge in [0.05, 0.1) is 5.02 Å². The van der Waals surface area contributed by atoms with Crippen LogP contribution in [-0.2, 0) is 10.0 Å². The summed E-state index contributed by atoms with van der Waals surface area (Å²) in [6, 6.07) is 3.14. The van der Waals surface area contributed by atoms with Crippen molar-refractivity contribution in [3.05, 3.63) is 29.0 Å². The number of hydrogen-bond donors (Lipinski definition) is 2. The Balaban J connectivity index is 0.00000200. The molecule has 2 N–H and O–H groups in total. The highest BCUT2D eigenvalue weighted by molar-refractivity contribution is 7.89. The normalized spacial score (nSPS) is 23.1. The lowest BCUT2D eigenvalue weighted by molar-refractivity contribution is 0.349. The summed E-state index contributed by atoms with van der Waals surface area (Å²) < 4.78 is 40.0. The summed E-state index contributed by atoms with van der Waals surface area (Å²) in [5.74, 6) is -0.559. The lowest BCUT2D eigenvalue weighted by atomic mass is 10.0. The first-order valence-electron chi connectivity index (χ1n) is 6.11. The Kier molecular flexibility index (Phi) is 6.22. The number of rotatable bonds is 3. The third kappa shape index (κ3) is 4.05. The Morgan fingerprint density at radius 3 is 2.75 bits per heavy atom. The van der Waals surface area contributed by atoms with Crippen molar-refractivity contribution in [1.29, 1.82) is 0 Å². The van der Waals surface area contributed by atoms with E-state index in [1.807, 2.05) is 6.92 Å². The molecule has 0 saturated carbocycles. The molecule has 0 aromatic heterocycles. The van der Waals surface area contributed by atoms with Crippen molar-refractivity contribution in [3.63, 3.8) is 0 Å². The van der Waals surface area contributed by atoms with E-state index >= 15 is 0 Å². The largest absolute Gasteiger partial charge is 0.313 e. The van der Waals surface area contributed by atoms with Crippen LogP contribution >= 0.6 is 24.0 Å². The highest BCUT2D eigenvalue weighted by Crippen LogP contribution is 2.23. The molecule has 0 aliphatic carbocycles. The Bertz CT molecular complexity index is 569. The van der Waals surface area contributed by atoms with E-state index in [4.69, 9.17) is 11.6 Å². The summed E-state index contributed by atoms with van der Waals surface area (Å²) in [5.41, 5.74) is 0. The maximum Gasteiger partial charge on any atom is 0.242 e. The third-order valence-electron chi connectivity index (χ3n) is 3.25. The molecule has 1 aromatic rings. The van der Waals surface area contributed by atoms with Crippen LogP contribution < -0.4 is 10.0 Å². The molecule has 1 aliphatic rings. The molecule has 20 heavy (non-hydrogen) atoms. The highest BCUT2D eigenvalue weighted by Gasteiger charge is 2.27. The second-order valence-corrected chi connectivity index (χ2v) is 6.78. The molecule has 0 radical (unpaired) electrons. The summed E-state index contributed by atoms with van der Waals surface area (Å²) >= 11 is 5.79. The van der Waals surface area contributed by atoms with Crippen LogP contribution in [-0.4, -0.2) is 27.0 Å². The van der Waals surface area contributed by atoms with Gasteiger partial charge in [-0.25, -0.2) is 17.5 Å². The average molecular weight is 343 g/mol. The van der Waals surface area contributed by atoms with Gasteiger partial charge in [0.1, 0.15) is 10.7 Å². The zero-order chi connectivity index (χ0) is 14.0. The third-order valence-corrected chi connectivity index (χ3v) is 5.22. The van der Waals surface area contributed by atoms with Crippen molar-refractivity contribution in [2.75, 3.05) is 6.54 Å². The zero-order valence-electron chi connectivity index (χ0n) is 10.9. The van der Waals surface area contributed by atoms with Crippen molar-refractivity contribution in [2.24, 2.45) is 0 Å². The Hall–Kier alpha value is -0.400. The van der Waals surface area contributed by atoms with Crippen molar-refractivity contribution in [1.82, 2.24) is 10.0 Å². The lowest BCUT2D eigenvalue weighted by Gasteiger charge is -2.30. The Labute approximate surface area is 129 Å². The van der Waals surface area contributed by atoms with Gasteiger partial charge in [0, 0.05) is 12.1 Å². The number of benzene rings is 1. The number of hydrogen-bond acceptors (Lipinski definition) is 3. The second kappa shape index (κ2) is 7.04. The van der Waals surface area contributed by atoms with Crippen molar-refractivity contribution >= 4 is 34.0 Å². The molecule has 0 bridgehead atoms. The van der Waals surface area contributed by atoms with Crippen molar-refractivity contribution in [2.45, 2.75) is 36.7 Å². The van der Waals surface area contributed by atoms with Crippen molar-refractivity contribution < 1.29 is 12.8 Å². The van der Waals surface area contributed by atoms with Gasteiger partial charge in [-0.2, -0.15) is 0 Å². The molecule has 0 spiro atoms. The minimum absolute atomic E-state index is 0. The van der Waals surface area contributed by atoms with Crippen LogP contribution in [0.1, 0.15) is 19.8 Å². The maximum absolute atomic E-state index is 12.9. The predicted molar refractivity (Wildman–Crippen MR) is 79.5 cm³/mol. The number of sulfonamides is 1. The first-order valence-corrected chi connectivity index (χ1v) is 7.97. The van der Waals surface area contributed by atoms with Gasteiger partial charge in [-0.05, 0) is 44.5 Å². The van der Waals surface area contributed by atoms with E-state index in [9.17, 15) is 12.8 Å². The summed E-state index contributed by atoms with van der Waals surface area (Å²) in [5, 5.41) is 3.10. The molecule has 1 saturated heterocycles. The van der Waals surface area contributed by atoms with Gasteiger partial charge < -0.3 is 5.32 Å². The average Bonchev–Trinajstić information content (AvgIpc) is 2.31. The Morgan fingerprint density at radius 2 is 2.15 bits per heavy atom. The van der Waals surface area contributed by atoms with E-state index in [1.54, 1.807) is 0 Å². The quantitative estimate of drug-likeness (QED) is 0.886. The molecule has 1 aliphatic heterocycles. The molecule has 8 heteroatoms. The standard InChI is InChI=1S/C12H16ClFN2O2S.ClH/c1-8-11(3-2-6-15-8)16-19(17,18)12-5-4-9(14)7-10(12)13;/h4-5,7-8,11,15-16H,2-3,6H2,1H3;1H. The van der Waals surface area contributed by atoms with Crippen LogP contribution in [0, 0.1) is 5.82 Å². The molecule has 114 valence electrons. The van der Waals surface area contributed by atoms with Crippen LogP contribution in [0.4, 0.5) is 4.39 Å². The fourth-order valence-corrected chi connectivity index (χ4v) is 4.04. The van der Waals surface area contributed by atoms with Crippen LogP contribution in [0.5, 0.6) is 0 Å². The van der Waals surface area contributed by atoms with E-state index in [1.165, 1.54) is 6.07 Å². The molecule has 2 atom stereocenters. The van der Waals surface area contributed by atoms with Crippen LogP contribution in [0.15, 0.2) is 23.1 Å². The summed E-state index contributed by atoms with van der Waals surface area (Å²) in [6.07, 6.45) is 1.68. The van der Waals surface area contributed by atoms with E-state index in [-0.39, 0.29) is 34.4 Å². The van der Waals surface area contributed by atoms with Gasteiger partial charge in [-0.3, -0.25) is 0 Å². The molecule has 1 aromatic carbocycles. The molecule has 4 nitrogen and oxygen atoms in total. The van der Waals surface area contributed by atoms with Gasteiger partial charge in [0.15, 0.2) is 0 Å². The number of piperidine rings is 1. The Morgan fingerprint density at radius 1 is 1.45 bits per heavy atom. The fraction of sp³-hybridized carbons (Fsp3) is 0.500. The van der Waals surface area contributed by atoms with Gasteiger partial charge >= 0.3 is 0 Å². The maximum atomic E-state index is 12.9. The SMILES string of the molecule is CC1NCCCC1NS(=O)(=O)c1ccc(F)cc1Cl.Cl. The van der Waals surface area contributed by atoms with Crippen LogP contribution in [0.25, 0.3) is 0 Å². The minimum atomic E-state index is -3.73. The first kappa shape index (κ1) is 17.7. The topological polar surface area (TPSA) is 58.2 Å². The zero-order valence-corrected chi connectivity index (χ0v) is 13.3. The first-order chi connectivity index (χ1) is 8.90. The smallest absolute Gasteiger partial charge is 0.242 e. The van der Waals surface area contributed by atoms with E-state index < -0.39 is 15.8 Å². The van der Waals surface area contributed by atoms with Gasteiger partial charge in [0.2, 0.25) is 10.0 Å². The minimum Gasteiger partial charge on any atom is -0.313 e. The van der Waals surface area contributed by atoms with Gasteiger partial charge in [-0.15, -0.1) is 12.4 Å². The highest BCUT2D eigenvalue weighted by atomic mass is 35.5. The number of halogens is 3. The van der Waals surface area contributed by atoms with Gasteiger partial charge in [0.25, 0.3) is 0 Å². The van der Waals surface area contributed by atoms with Crippen molar-refractivity contribution in [3.8, 4) is 0 Å². The van der Waals surface area contributed by atoms with E-state index in [0.29, 0.717) is 0 Å². The van der Waals surface area contributed by atoms with E-state index in [0.717, 1.165) is 31.5 Å². The molecule has 2 rings (SSSR count). The summed E-state index contributed by atoms with van der Waals surface area (Å²) in [6.45, 7) is 2.81.